The molecule has 3 aromatic carbocycles. The summed E-state index contributed by atoms with van der Waals surface area (Å²) in [5.74, 6) is 1.28. The van der Waals surface area contributed by atoms with Crippen molar-refractivity contribution in [3.05, 3.63) is 71.1 Å². The number of aromatic nitrogens is 2. The molecule has 164 valence electrons. The van der Waals surface area contributed by atoms with Crippen molar-refractivity contribution in [2.24, 2.45) is 0 Å². The Hall–Kier alpha value is -3.58. The molecule has 0 saturated carbocycles. The number of hydrogen-bond donors (Lipinski definition) is 1. The summed E-state index contributed by atoms with van der Waals surface area (Å²) in [6.07, 6.45) is 1.65. The molecule has 0 fully saturated rings. The Labute approximate surface area is 189 Å². The Kier molecular flexibility index (Phi) is 6.28. The lowest BCUT2D eigenvalue weighted by atomic mass is 10.0. The molecule has 32 heavy (non-hydrogen) atoms. The van der Waals surface area contributed by atoms with Crippen LogP contribution >= 0.6 is 11.6 Å². The molecular formula is C24H21ClFN3O3. The second kappa shape index (κ2) is 9.28. The van der Waals surface area contributed by atoms with Gasteiger partial charge in [0, 0.05) is 23.6 Å². The minimum atomic E-state index is -0.542. The highest BCUT2D eigenvalue weighted by atomic mass is 35.5. The van der Waals surface area contributed by atoms with Crippen molar-refractivity contribution in [3.63, 3.8) is 0 Å². The summed E-state index contributed by atoms with van der Waals surface area (Å²) >= 11 is 5.99. The van der Waals surface area contributed by atoms with E-state index in [0.717, 1.165) is 22.4 Å². The van der Waals surface area contributed by atoms with Gasteiger partial charge in [0.25, 0.3) is 0 Å². The molecular weight excluding hydrogens is 433 g/mol. The van der Waals surface area contributed by atoms with Gasteiger partial charge in [-0.2, -0.15) is 10.2 Å². The first-order chi connectivity index (χ1) is 15.5. The molecule has 0 aliphatic carbocycles. The van der Waals surface area contributed by atoms with Crippen LogP contribution in [0.2, 0.25) is 5.02 Å². The standard InChI is InChI=1S/C24H21ClFN3O3/c1-30-16-6-4-15(22(11-16)32-3)12-27-20-13-28-29-19-10-14(5-7-17(19)20)23-21(31-2)9-8-18(25)24(23)26/h4-11,13H,12H2,1-3H3,(H,27,29). The van der Waals surface area contributed by atoms with Gasteiger partial charge in [0.15, 0.2) is 5.82 Å². The Morgan fingerprint density at radius 3 is 2.50 bits per heavy atom. The molecule has 8 heteroatoms. The molecule has 1 N–H and O–H groups in total. The molecule has 1 aromatic heterocycles. The fourth-order valence-electron chi connectivity index (χ4n) is 3.52. The van der Waals surface area contributed by atoms with E-state index in [1.807, 2.05) is 24.3 Å². The van der Waals surface area contributed by atoms with Crippen molar-refractivity contribution in [2.75, 3.05) is 26.6 Å². The van der Waals surface area contributed by atoms with E-state index in [9.17, 15) is 4.39 Å². The Balaban J connectivity index is 1.68. The lowest BCUT2D eigenvalue weighted by molar-refractivity contribution is 0.391. The van der Waals surface area contributed by atoms with E-state index in [2.05, 4.69) is 15.5 Å². The minimum absolute atomic E-state index is 0.0239. The number of hydrogen-bond acceptors (Lipinski definition) is 6. The summed E-state index contributed by atoms with van der Waals surface area (Å²) < 4.78 is 30.8. The lowest BCUT2D eigenvalue weighted by Crippen LogP contribution is -2.03. The van der Waals surface area contributed by atoms with Crippen LogP contribution in [-0.2, 0) is 6.54 Å². The Morgan fingerprint density at radius 1 is 0.938 bits per heavy atom. The van der Waals surface area contributed by atoms with Gasteiger partial charge in [-0.1, -0.05) is 17.7 Å². The molecule has 0 unspecified atom stereocenters. The summed E-state index contributed by atoms with van der Waals surface area (Å²) in [4.78, 5) is 0. The number of fused-ring (bicyclic) bond motifs is 1. The van der Waals surface area contributed by atoms with Crippen molar-refractivity contribution in [3.8, 4) is 28.4 Å². The molecule has 0 spiro atoms. The van der Waals surface area contributed by atoms with E-state index < -0.39 is 5.82 Å². The second-order valence-corrected chi connectivity index (χ2v) is 7.37. The van der Waals surface area contributed by atoms with Crippen molar-refractivity contribution >= 4 is 28.2 Å². The van der Waals surface area contributed by atoms with Crippen molar-refractivity contribution in [1.29, 1.82) is 0 Å². The predicted octanol–water partition coefficient (Wildman–Crippen LogP) is 5.73. The van der Waals surface area contributed by atoms with Crippen molar-refractivity contribution in [2.45, 2.75) is 6.54 Å². The topological polar surface area (TPSA) is 65.5 Å². The SMILES string of the molecule is COc1ccc(CNc2cnnc3cc(-c4c(OC)ccc(Cl)c4F)ccc23)c(OC)c1. The van der Waals surface area contributed by atoms with Crippen molar-refractivity contribution < 1.29 is 18.6 Å². The minimum Gasteiger partial charge on any atom is -0.497 e. The molecule has 4 aromatic rings. The highest BCUT2D eigenvalue weighted by Crippen LogP contribution is 2.37. The lowest BCUT2D eigenvalue weighted by Gasteiger charge is -2.14. The summed E-state index contributed by atoms with van der Waals surface area (Å²) in [6, 6.07) is 14.2. The summed E-state index contributed by atoms with van der Waals surface area (Å²) in [5.41, 5.74) is 3.23. The van der Waals surface area contributed by atoms with Gasteiger partial charge in [0.1, 0.15) is 17.2 Å². The molecule has 0 amide bonds. The highest BCUT2D eigenvalue weighted by Gasteiger charge is 2.16. The van der Waals surface area contributed by atoms with Crippen LogP contribution in [0, 0.1) is 5.82 Å². The number of anilines is 1. The first kappa shape index (κ1) is 21.6. The Morgan fingerprint density at radius 2 is 1.75 bits per heavy atom. The van der Waals surface area contributed by atoms with E-state index in [1.54, 1.807) is 38.6 Å². The third kappa shape index (κ3) is 4.11. The Bertz CT molecular complexity index is 1280. The fourth-order valence-corrected chi connectivity index (χ4v) is 3.67. The molecule has 0 atom stereocenters. The molecule has 0 radical (unpaired) electrons. The monoisotopic (exact) mass is 453 g/mol. The maximum absolute atomic E-state index is 14.8. The highest BCUT2D eigenvalue weighted by molar-refractivity contribution is 6.31. The summed E-state index contributed by atoms with van der Waals surface area (Å²) in [7, 11) is 4.72. The van der Waals surface area contributed by atoms with Gasteiger partial charge in [0.05, 0.1) is 49.3 Å². The third-order valence-electron chi connectivity index (χ3n) is 5.17. The van der Waals surface area contributed by atoms with Crippen LogP contribution in [0.1, 0.15) is 5.56 Å². The molecule has 0 aliphatic rings. The summed E-state index contributed by atoms with van der Waals surface area (Å²) in [5, 5.41) is 12.6. The second-order valence-electron chi connectivity index (χ2n) is 6.96. The maximum Gasteiger partial charge on any atom is 0.153 e. The largest absolute Gasteiger partial charge is 0.497 e. The first-order valence-electron chi connectivity index (χ1n) is 9.78. The van der Waals surface area contributed by atoms with Gasteiger partial charge in [-0.3, -0.25) is 0 Å². The van der Waals surface area contributed by atoms with E-state index in [-0.39, 0.29) is 10.6 Å². The zero-order valence-corrected chi connectivity index (χ0v) is 18.5. The van der Waals surface area contributed by atoms with Gasteiger partial charge < -0.3 is 19.5 Å². The van der Waals surface area contributed by atoms with Crippen LogP contribution in [0.4, 0.5) is 10.1 Å². The van der Waals surface area contributed by atoms with Gasteiger partial charge >= 0.3 is 0 Å². The number of halogens is 2. The number of methoxy groups -OCH3 is 3. The third-order valence-corrected chi connectivity index (χ3v) is 5.46. The van der Waals surface area contributed by atoms with Gasteiger partial charge in [-0.15, -0.1) is 0 Å². The van der Waals surface area contributed by atoms with Crippen molar-refractivity contribution in [1.82, 2.24) is 10.2 Å². The zero-order chi connectivity index (χ0) is 22.7. The van der Waals surface area contributed by atoms with E-state index in [1.165, 1.54) is 13.2 Å². The van der Waals surface area contributed by atoms with Crippen LogP contribution in [0.3, 0.4) is 0 Å². The molecule has 0 bridgehead atoms. The van der Waals surface area contributed by atoms with Gasteiger partial charge in [-0.25, -0.2) is 4.39 Å². The average Bonchev–Trinajstić information content (AvgIpc) is 2.83. The smallest absolute Gasteiger partial charge is 0.153 e. The normalized spacial score (nSPS) is 10.8. The predicted molar refractivity (Wildman–Crippen MR) is 123 cm³/mol. The first-order valence-corrected chi connectivity index (χ1v) is 10.2. The number of rotatable bonds is 7. The van der Waals surface area contributed by atoms with E-state index in [0.29, 0.717) is 29.1 Å². The molecule has 0 saturated heterocycles. The zero-order valence-electron chi connectivity index (χ0n) is 17.8. The summed E-state index contributed by atoms with van der Waals surface area (Å²) in [6.45, 7) is 0.506. The number of ether oxygens (including phenoxy) is 3. The molecule has 1 heterocycles. The van der Waals surface area contributed by atoms with E-state index in [4.69, 9.17) is 25.8 Å². The van der Waals surface area contributed by atoms with Crippen LogP contribution in [0.15, 0.2) is 54.7 Å². The van der Waals surface area contributed by atoms with Crippen LogP contribution in [0.25, 0.3) is 22.0 Å². The fraction of sp³-hybridized carbons (Fsp3) is 0.167. The van der Waals surface area contributed by atoms with Gasteiger partial charge in [0.2, 0.25) is 0 Å². The van der Waals surface area contributed by atoms with Crippen LogP contribution in [-0.4, -0.2) is 31.5 Å². The van der Waals surface area contributed by atoms with Crippen LogP contribution in [0.5, 0.6) is 17.2 Å². The van der Waals surface area contributed by atoms with Gasteiger partial charge in [-0.05, 0) is 42.0 Å². The molecule has 0 aliphatic heterocycles. The molecule has 4 rings (SSSR count). The van der Waals surface area contributed by atoms with E-state index >= 15 is 0 Å². The van der Waals surface area contributed by atoms with Crippen LogP contribution < -0.4 is 19.5 Å². The number of nitrogens with zero attached hydrogens (tertiary/aromatic N) is 2. The number of nitrogens with one attached hydrogen (secondary N) is 1. The maximum atomic E-state index is 14.8. The average molecular weight is 454 g/mol. The quantitative estimate of drug-likeness (QED) is 0.385. The molecule has 6 nitrogen and oxygen atoms in total. The number of benzene rings is 3.